The van der Waals surface area contributed by atoms with E-state index in [9.17, 15) is 4.79 Å². The van der Waals surface area contributed by atoms with E-state index in [1.165, 1.54) is 11.0 Å². The van der Waals surface area contributed by atoms with Crippen molar-refractivity contribution in [1.82, 2.24) is 15.0 Å². The van der Waals surface area contributed by atoms with Crippen molar-refractivity contribution in [2.75, 3.05) is 5.32 Å². The first-order chi connectivity index (χ1) is 8.60. The molecule has 0 aliphatic rings. The second-order valence-electron chi connectivity index (χ2n) is 3.48. The Bertz CT molecular complexity index is 643. The summed E-state index contributed by atoms with van der Waals surface area (Å²) in [6, 6.07) is 7.04. The van der Waals surface area contributed by atoms with E-state index >= 15 is 0 Å². The molecule has 1 amide bonds. The minimum absolute atomic E-state index is 0.198. The fourth-order valence-corrected chi connectivity index (χ4v) is 1.72. The molecule has 6 nitrogen and oxygen atoms in total. The molecule has 0 atom stereocenters. The molecule has 0 saturated carbocycles. The Hall–Kier alpha value is -2.20. The molecule has 0 bridgehead atoms. The molecule has 2 rings (SSSR count). The molecule has 2 aromatic rings. The number of carbonyl (C=O) groups is 1. The predicted molar refractivity (Wildman–Crippen MR) is 67.8 cm³/mol. The van der Waals surface area contributed by atoms with Gasteiger partial charge in [0, 0.05) is 11.5 Å². The highest BCUT2D eigenvalue weighted by atomic mass is 79.9. The molecule has 1 aromatic carbocycles. The second kappa shape index (κ2) is 4.98. The molecule has 18 heavy (non-hydrogen) atoms. The number of carbonyl (C=O) groups excluding carboxylic acids is 1. The average molecular weight is 306 g/mol. The highest BCUT2D eigenvalue weighted by molar-refractivity contribution is 9.10. The van der Waals surface area contributed by atoms with Crippen LogP contribution < -0.4 is 5.32 Å². The van der Waals surface area contributed by atoms with E-state index in [1.54, 1.807) is 25.2 Å². The summed E-state index contributed by atoms with van der Waals surface area (Å²) in [7, 11) is 1.62. The third kappa shape index (κ3) is 2.55. The lowest BCUT2D eigenvalue weighted by Gasteiger charge is -2.05. The number of halogens is 1. The maximum absolute atomic E-state index is 11.8. The molecule has 0 spiro atoms. The topological polar surface area (TPSA) is 83.6 Å². The third-order valence-corrected chi connectivity index (χ3v) is 2.68. The van der Waals surface area contributed by atoms with Crippen LogP contribution in [0.2, 0.25) is 0 Å². The number of aryl methyl sites for hydroxylation is 1. The van der Waals surface area contributed by atoms with E-state index in [2.05, 4.69) is 31.4 Å². The Kier molecular flexibility index (Phi) is 3.39. The Balaban J connectivity index is 2.25. The summed E-state index contributed by atoms with van der Waals surface area (Å²) < 4.78 is 0.775. The maximum Gasteiger partial charge on any atom is 0.277 e. The van der Waals surface area contributed by atoms with Crippen molar-refractivity contribution in [2.24, 2.45) is 7.05 Å². The van der Waals surface area contributed by atoms with Crippen molar-refractivity contribution in [3.05, 3.63) is 40.1 Å². The van der Waals surface area contributed by atoms with Gasteiger partial charge in [-0.05, 0) is 18.2 Å². The summed E-state index contributed by atoms with van der Waals surface area (Å²) in [6.07, 6.45) is 1.36. The molecule has 1 heterocycles. The van der Waals surface area contributed by atoms with Crippen molar-refractivity contribution in [2.45, 2.75) is 0 Å². The summed E-state index contributed by atoms with van der Waals surface area (Å²) in [5.41, 5.74) is 1.02. The van der Waals surface area contributed by atoms with Crippen LogP contribution in [-0.4, -0.2) is 20.9 Å². The molecular weight excluding hydrogens is 298 g/mol. The largest absolute Gasteiger partial charge is 0.319 e. The molecule has 0 aliphatic carbocycles. The molecule has 0 aliphatic heterocycles. The fourth-order valence-electron chi connectivity index (χ4n) is 1.35. The maximum atomic E-state index is 11.8. The first-order valence-electron chi connectivity index (χ1n) is 4.97. The van der Waals surface area contributed by atoms with Crippen LogP contribution in [-0.2, 0) is 7.05 Å². The van der Waals surface area contributed by atoms with Gasteiger partial charge in [-0.3, -0.25) is 4.79 Å². The van der Waals surface area contributed by atoms with Gasteiger partial charge >= 0.3 is 0 Å². The van der Waals surface area contributed by atoms with Gasteiger partial charge in [-0.1, -0.05) is 15.9 Å². The molecule has 0 saturated heterocycles. The lowest BCUT2D eigenvalue weighted by molar-refractivity contribution is 0.102. The van der Waals surface area contributed by atoms with Crippen molar-refractivity contribution >= 4 is 27.5 Å². The summed E-state index contributed by atoms with van der Waals surface area (Å²) in [4.78, 5) is 13.1. The van der Waals surface area contributed by atoms with Crippen molar-refractivity contribution in [3.63, 3.8) is 0 Å². The average Bonchev–Trinajstić information content (AvgIpc) is 2.78. The lowest BCUT2D eigenvalue weighted by Crippen LogP contribution is -2.13. The van der Waals surface area contributed by atoms with E-state index in [0.29, 0.717) is 11.3 Å². The summed E-state index contributed by atoms with van der Waals surface area (Å²) in [5.74, 6) is -0.401. The van der Waals surface area contributed by atoms with E-state index < -0.39 is 5.91 Å². The quantitative estimate of drug-likeness (QED) is 0.915. The number of nitriles is 1. The van der Waals surface area contributed by atoms with Crippen LogP contribution in [0.5, 0.6) is 0 Å². The van der Waals surface area contributed by atoms with Gasteiger partial charge in [0.05, 0.1) is 17.4 Å². The minimum atomic E-state index is -0.401. The van der Waals surface area contributed by atoms with Crippen molar-refractivity contribution in [1.29, 1.82) is 5.26 Å². The zero-order valence-electron chi connectivity index (χ0n) is 9.38. The number of hydrogen-bond acceptors (Lipinski definition) is 4. The Morgan fingerprint density at radius 3 is 2.94 bits per heavy atom. The smallest absolute Gasteiger partial charge is 0.277 e. The van der Waals surface area contributed by atoms with Crippen LogP contribution in [0.25, 0.3) is 0 Å². The molecular formula is C11H8BrN5O. The third-order valence-electron chi connectivity index (χ3n) is 2.18. The standard InChI is InChI=1S/C11H8BrN5O/c1-17-14-6-10(16-17)11(18)15-9-3-2-8(12)4-7(9)5-13/h2-4,6H,1H3,(H,15,18). The van der Waals surface area contributed by atoms with Crippen LogP contribution in [0, 0.1) is 11.3 Å². The van der Waals surface area contributed by atoms with Crippen LogP contribution in [0.15, 0.2) is 28.9 Å². The predicted octanol–water partition coefficient (Wildman–Crippen LogP) is 1.70. The van der Waals surface area contributed by atoms with Crippen molar-refractivity contribution < 1.29 is 4.79 Å². The van der Waals surface area contributed by atoms with Crippen LogP contribution in [0.3, 0.4) is 0 Å². The number of rotatable bonds is 2. The molecule has 0 fully saturated rings. The van der Waals surface area contributed by atoms with Gasteiger partial charge in [0.25, 0.3) is 5.91 Å². The minimum Gasteiger partial charge on any atom is -0.319 e. The highest BCUT2D eigenvalue weighted by Crippen LogP contribution is 2.20. The second-order valence-corrected chi connectivity index (χ2v) is 4.39. The Labute approximate surface area is 111 Å². The normalized spacial score (nSPS) is 9.83. The van der Waals surface area contributed by atoms with E-state index in [0.717, 1.165) is 4.47 Å². The fraction of sp³-hybridized carbons (Fsp3) is 0.0909. The van der Waals surface area contributed by atoms with Crippen LogP contribution in [0.1, 0.15) is 16.1 Å². The van der Waals surface area contributed by atoms with Crippen LogP contribution in [0.4, 0.5) is 5.69 Å². The summed E-state index contributed by atoms with van der Waals surface area (Å²) in [5, 5.41) is 19.3. The number of amides is 1. The molecule has 0 unspecified atom stereocenters. The molecule has 1 aromatic heterocycles. The molecule has 0 radical (unpaired) electrons. The van der Waals surface area contributed by atoms with Gasteiger partial charge in [-0.15, -0.1) is 5.10 Å². The number of benzene rings is 1. The van der Waals surface area contributed by atoms with E-state index in [1.807, 2.05) is 6.07 Å². The van der Waals surface area contributed by atoms with Gasteiger partial charge in [0.1, 0.15) is 6.07 Å². The first kappa shape index (κ1) is 12.3. The zero-order chi connectivity index (χ0) is 13.1. The zero-order valence-corrected chi connectivity index (χ0v) is 11.0. The van der Waals surface area contributed by atoms with Gasteiger partial charge < -0.3 is 5.32 Å². The number of hydrogen-bond donors (Lipinski definition) is 1. The Morgan fingerprint density at radius 2 is 2.33 bits per heavy atom. The first-order valence-corrected chi connectivity index (χ1v) is 5.77. The van der Waals surface area contributed by atoms with E-state index in [4.69, 9.17) is 5.26 Å². The van der Waals surface area contributed by atoms with Crippen molar-refractivity contribution in [3.8, 4) is 6.07 Å². The van der Waals surface area contributed by atoms with Gasteiger partial charge in [0.2, 0.25) is 0 Å². The SMILES string of the molecule is Cn1ncc(C(=O)Nc2ccc(Br)cc2C#N)n1. The summed E-state index contributed by atoms with van der Waals surface area (Å²) >= 11 is 3.26. The van der Waals surface area contributed by atoms with E-state index in [-0.39, 0.29) is 5.69 Å². The van der Waals surface area contributed by atoms with Crippen LogP contribution >= 0.6 is 15.9 Å². The number of nitrogens with zero attached hydrogens (tertiary/aromatic N) is 4. The van der Waals surface area contributed by atoms with Gasteiger partial charge in [-0.25, -0.2) is 0 Å². The Morgan fingerprint density at radius 1 is 1.56 bits per heavy atom. The number of aromatic nitrogens is 3. The lowest BCUT2D eigenvalue weighted by atomic mass is 10.2. The highest BCUT2D eigenvalue weighted by Gasteiger charge is 2.12. The number of nitrogens with one attached hydrogen (secondary N) is 1. The molecule has 7 heteroatoms. The summed E-state index contributed by atoms with van der Waals surface area (Å²) in [6.45, 7) is 0. The molecule has 1 N–H and O–H groups in total. The van der Waals surface area contributed by atoms with Gasteiger partial charge in [-0.2, -0.15) is 15.2 Å². The number of anilines is 1. The molecule has 90 valence electrons. The van der Waals surface area contributed by atoms with Gasteiger partial charge in [0.15, 0.2) is 5.69 Å². The monoisotopic (exact) mass is 305 g/mol.